The average molecular weight is 548 g/mol. The number of carbonyl (C=O) groups excluding carboxylic acids is 1. The lowest BCUT2D eigenvalue weighted by atomic mass is 10.1. The number of halogens is 2. The van der Waals surface area contributed by atoms with E-state index in [1.807, 2.05) is 25.1 Å². The van der Waals surface area contributed by atoms with Gasteiger partial charge in [0.2, 0.25) is 0 Å². The number of nitrogens with one attached hydrogen (secondary N) is 2. The van der Waals surface area contributed by atoms with Gasteiger partial charge in [-0.3, -0.25) is 4.79 Å². The Balaban J connectivity index is 1.57. The summed E-state index contributed by atoms with van der Waals surface area (Å²) in [5.74, 6) is -0.552. The molecule has 1 amide bonds. The van der Waals surface area contributed by atoms with Crippen molar-refractivity contribution in [1.82, 2.24) is 14.9 Å². The molecule has 0 saturated heterocycles. The summed E-state index contributed by atoms with van der Waals surface area (Å²) < 4.78 is 39.5. The lowest BCUT2D eigenvalue weighted by Gasteiger charge is -2.15. The van der Waals surface area contributed by atoms with E-state index >= 15 is 0 Å². The van der Waals surface area contributed by atoms with Gasteiger partial charge in [0.1, 0.15) is 36.1 Å². The highest BCUT2D eigenvalue weighted by Crippen LogP contribution is 2.34. The van der Waals surface area contributed by atoms with E-state index in [4.69, 9.17) is 9.47 Å². The average Bonchev–Trinajstić information content (AvgIpc) is 2.91. The SMILES string of the molecule is COc1cc2ncnc(Nc3ccc(OCc4cccc(F)c4)c(C)c3)c2cc1NC(=O)/C(F)=C(/C)CN(C)C. The maximum Gasteiger partial charge on any atom is 0.284 e. The number of aryl methyl sites for hydroxylation is 1. The van der Waals surface area contributed by atoms with E-state index in [2.05, 4.69) is 20.6 Å². The summed E-state index contributed by atoms with van der Waals surface area (Å²) in [6.07, 6.45) is 1.42. The monoisotopic (exact) mass is 547 g/mol. The molecular weight excluding hydrogens is 516 g/mol. The summed E-state index contributed by atoms with van der Waals surface area (Å²) in [6.45, 7) is 4.03. The van der Waals surface area contributed by atoms with Crippen LogP contribution in [0.2, 0.25) is 0 Å². The Hall–Kier alpha value is -4.57. The van der Waals surface area contributed by atoms with E-state index in [9.17, 15) is 13.6 Å². The first-order valence-corrected chi connectivity index (χ1v) is 12.5. The Morgan fingerprint density at radius 2 is 1.85 bits per heavy atom. The molecule has 1 heterocycles. The molecule has 1 aromatic heterocycles. The molecule has 4 aromatic rings. The molecule has 0 atom stereocenters. The van der Waals surface area contributed by atoms with Crippen molar-refractivity contribution in [2.45, 2.75) is 20.5 Å². The normalized spacial score (nSPS) is 11.8. The van der Waals surface area contributed by atoms with Crippen LogP contribution in [-0.4, -0.2) is 48.5 Å². The van der Waals surface area contributed by atoms with Gasteiger partial charge in [-0.2, -0.15) is 0 Å². The summed E-state index contributed by atoms with van der Waals surface area (Å²) in [5.41, 5.74) is 3.50. The van der Waals surface area contributed by atoms with Gasteiger partial charge in [-0.05, 0) is 81.0 Å². The smallest absolute Gasteiger partial charge is 0.284 e. The third-order valence-electron chi connectivity index (χ3n) is 6.05. The van der Waals surface area contributed by atoms with Crippen molar-refractivity contribution >= 4 is 34.0 Å². The number of rotatable bonds is 10. The van der Waals surface area contributed by atoms with Gasteiger partial charge in [0.25, 0.3) is 5.91 Å². The molecule has 208 valence electrons. The van der Waals surface area contributed by atoms with Crippen molar-refractivity contribution in [2.75, 3.05) is 38.4 Å². The zero-order chi connectivity index (χ0) is 28.8. The molecule has 0 aliphatic rings. The number of ether oxygens (including phenoxy) is 2. The lowest BCUT2D eigenvalue weighted by molar-refractivity contribution is -0.114. The van der Waals surface area contributed by atoms with Gasteiger partial charge >= 0.3 is 0 Å². The molecule has 0 spiro atoms. The quantitative estimate of drug-likeness (QED) is 0.230. The highest BCUT2D eigenvalue weighted by molar-refractivity contribution is 6.05. The highest BCUT2D eigenvalue weighted by atomic mass is 19.1. The molecule has 40 heavy (non-hydrogen) atoms. The Morgan fingerprint density at radius 1 is 1.05 bits per heavy atom. The molecule has 0 bridgehead atoms. The van der Waals surface area contributed by atoms with Crippen LogP contribution in [0.15, 0.2) is 72.3 Å². The number of hydrogen-bond donors (Lipinski definition) is 2. The van der Waals surface area contributed by atoms with Gasteiger partial charge in [-0.1, -0.05) is 12.1 Å². The molecule has 0 aliphatic heterocycles. The molecule has 3 aromatic carbocycles. The standard InChI is InChI=1S/C30H31F2N5O3/c1-18-11-22(9-10-26(18)40-16-20-7-6-8-21(31)12-20)35-29-23-13-25(27(39-5)14-24(23)33-17-34-29)36-30(38)28(32)19(2)15-37(3)4/h6-14,17H,15-16H2,1-5H3,(H,36,38)(H,33,34,35)/b28-19+. The van der Waals surface area contributed by atoms with E-state index < -0.39 is 11.7 Å². The summed E-state index contributed by atoms with van der Waals surface area (Å²) in [4.78, 5) is 23.1. The second-order valence-electron chi connectivity index (χ2n) is 9.60. The minimum absolute atomic E-state index is 0.239. The minimum Gasteiger partial charge on any atom is -0.494 e. The Morgan fingerprint density at radius 3 is 2.55 bits per heavy atom. The first-order chi connectivity index (χ1) is 19.1. The molecule has 2 N–H and O–H groups in total. The zero-order valence-corrected chi connectivity index (χ0v) is 23.0. The van der Waals surface area contributed by atoms with Crippen LogP contribution in [0, 0.1) is 12.7 Å². The fourth-order valence-electron chi connectivity index (χ4n) is 4.18. The van der Waals surface area contributed by atoms with Crippen molar-refractivity contribution in [3.05, 3.63) is 89.3 Å². The number of benzene rings is 3. The fraction of sp³-hybridized carbons (Fsp3) is 0.233. The van der Waals surface area contributed by atoms with Crippen molar-refractivity contribution in [1.29, 1.82) is 0 Å². The minimum atomic E-state index is -0.868. The lowest BCUT2D eigenvalue weighted by Crippen LogP contribution is -2.19. The molecule has 0 saturated carbocycles. The summed E-state index contributed by atoms with van der Waals surface area (Å²) in [6, 6.07) is 15.1. The second kappa shape index (κ2) is 12.5. The van der Waals surface area contributed by atoms with Crippen LogP contribution in [0.1, 0.15) is 18.1 Å². The number of fused-ring (bicyclic) bond motifs is 1. The molecule has 0 fully saturated rings. The molecule has 0 aliphatic carbocycles. The summed E-state index contributed by atoms with van der Waals surface area (Å²) >= 11 is 0. The van der Waals surface area contributed by atoms with Crippen LogP contribution in [-0.2, 0) is 11.4 Å². The van der Waals surface area contributed by atoms with Gasteiger partial charge in [0, 0.05) is 23.7 Å². The summed E-state index contributed by atoms with van der Waals surface area (Å²) in [7, 11) is 5.05. The van der Waals surface area contributed by atoms with Crippen molar-refractivity contribution < 1.29 is 23.0 Å². The predicted molar refractivity (Wildman–Crippen MR) is 152 cm³/mol. The number of nitrogens with zero attached hydrogens (tertiary/aromatic N) is 3. The first kappa shape index (κ1) is 28.4. The number of amides is 1. The van der Waals surface area contributed by atoms with Crippen LogP contribution < -0.4 is 20.1 Å². The maximum atomic E-state index is 14.7. The van der Waals surface area contributed by atoms with Crippen LogP contribution in [0.4, 0.5) is 26.0 Å². The Kier molecular flexibility index (Phi) is 8.90. The van der Waals surface area contributed by atoms with Gasteiger partial charge < -0.3 is 25.0 Å². The van der Waals surface area contributed by atoms with Crippen LogP contribution >= 0.6 is 0 Å². The van der Waals surface area contributed by atoms with Gasteiger partial charge in [-0.25, -0.2) is 18.7 Å². The largest absolute Gasteiger partial charge is 0.494 e. The molecular formula is C30H31F2N5O3. The summed E-state index contributed by atoms with van der Waals surface area (Å²) in [5, 5.41) is 6.48. The number of methoxy groups -OCH3 is 1. The topological polar surface area (TPSA) is 88.6 Å². The highest BCUT2D eigenvalue weighted by Gasteiger charge is 2.18. The van der Waals surface area contributed by atoms with Crippen molar-refractivity contribution in [3.63, 3.8) is 0 Å². The predicted octanol–water partition coefficient (Wildman–Crippen LogP) is 6.15. The second-order valence-corrected chi connectivity index (χ2v) is 9.60. The van der Waals surface area contributed by atoms with E-state index in [0.717, 1.165) is 16.8 Å². The van der Waals surface area contributed by atoms with Gasteiger partial charge in [-0.15, -0.1) is 0 Å². The first-order valence-electron chi connectivity index (χ1n) is 12.5. The van der Waals surface area contributed by atoms with Crippen molar-refractivity contribution in [3.8, 4) is 11.5 Å². The number of hydrogen-bond acceptors (Lipinski definition) is 7. The van der Waals surface area contributed by atoms with E-state index in [-0.39, 0.29) is 18.1 Å². The fourth-order valence-corrected chi connectivity index (χ4v) is 4.18. The number of carbonyl (C=O) groups is 1. The zero-order valence-electron chi connectivity index (χ0n) is 23.0. The van der Waals surface area contributed by atoms with Gasteiger partial charge in [0.15, 0.2) is 5.83 Å². The third kappa shape index (κ3) is 6.89. The van der Waals surface area contributed by atoms with Gasteiger partial charge in [0.05, 0.1) is 18.3 Å². The Labute approximate surface area is 231 Å². The number of likely N-dealkylation sites (N-methyl/N-ethyl adjacent to an activating group) is 1. The van der Waals surface area contributed by atoms with Crippen LogP contribution in [0.3, 0.4) is 0 Å². The molecule has 8 nitrogen and oxygen atoms in total. The molecule has 0 unspecified atom stereocenters. The number of aromatic nitrogens is 2. The van der Waals surface area contributed by atoms with Crippen LogP contribution in [0.5, 0.6) is 11.5 Å². The van der Waals surface area contributed by atoms with E-state index in [1.165, 1.54) is 25.6 Å². The van der Waals surface area contributed by atoms with Crippen LogP contribution in [0.25, 0.3) is 10.9 Å². The van der Waals surface area contributed by atoms with Crippen molar-refractivity contribution in [2.24, 2.45) is 0 Å². The van der Waals surface area contributed by atoms with E-state index in [1.54, 1.807) is 50.2 Å². The Bertz CT molecular complexity index is 1570. The molecule has 0 radical (unpaired) electrons. The molecule has 10 heteroatoms. The number of anilines is 3. The van der Waals surface area contributed by atoms with E-state index in [0.29, 0.717) is 40.3 Å². The molecule has 4 rings (SSSR count). The maximum absolute atomic E-state index is 14.7. The third-order valence-corrected chi connectivity index (χ3v) is 6.05.